The molecule has 1 amide bonds. The van der Waals surface area contributed by atoms with Crippen molar-refractivity contribution >= 4 is 5.91 Å². The van der Waals surface area contributed by atoms with Crippen LogP contribution in [0.5, 0.6) is 0 Å². The van der Waals surface area contributed by atoms with Gasteiger partial charge < -0.3 is 15.5 Å². The number of unbranched alkanes of at least 4 members (excludes halogenated alkanes) is 26. The summed E-state index contributed by atoms with van der Waals surface area (Å²) in [4.78, 5) is 12.5. The summed E-state index contributed by atoms with van der Waals surface area (Å²) >= 11 is 0. The minimum absolute atomic E-state index is 0.0812. The molecule has 4 heteroatoms. The summed E-state index contributed by atoms with van der Waals surface area (Å²) in [6.07, 6.45) is 78.3. The predicted octanol–water partition coefficient (Wildman–Crippen LogP) is 17.4. The van der Waals surface area contributed by atoms with E-state index in [0.717, 1.165) is 70.6 Å². The molecule has 2 unspecified atom stereocenters. The van der Waals surface area contributed by atoms with Crippen molar-refractivity contribution in [1.29, 1.82) is 0 Å². The van der Waals surface area contributed by atoms with E-state index in [1.54, 1.807) is 6.08 Å². The molecule has 0 fully saturated rings. The smallest absolute Gasteiger partial charge is 0.220 e. The molecular formula is C58H101NO3. The fourth-order valence-electron chi connectivity index (χ4n) is 7.55. The van der Waals surface area contributed by atoms with E-state index in [1.807, 2.05) is 6.08 Å². The summed E-state index contributed by atoms with van der Waals surface area (Å²) in [6.45, 7) is 4.19. The first-order valence-electron chi connectivity index (χ1n) is 26.5. The van der Waals surface area contributed by atoms with Gasteiger partial charge in [-0.2, -0.15) is 0 Å². The first kappa shape index (κ1) is 59.3. The van der Waals surface area contributed by atoms with Crippen LogP contribution in [0.3, 0.4) is 0 Å². The fourth-order valence-corrected chi connectivity index (χ4v) is 7.55. The summed E-state index contributed by atoms with van der Waals surface area (Å²) < 4.78 is 0. The second-order valence-electron chi connectivity index (χ2n) is 17.6. The summed E-state index contributed by atoms with van der Waals surface area (Å²) in [7, 11) is 0. The molecule has 0 aromatic carbocycles. The van der Waals surface area contributed by atoms with Crippen LogP contribution in [0.15, 0.2) is 97.2 Å². The maximum Gasteiger partial charge on any atom is 0.220 e. The lowest BCUT2D eigenvalue weighted by Gasteiger charge is -2.19. The van der Waals surface area contributed by atoms with Crippen molar-refractivity contribution in [2.45, 2.75) is 257 Å². The second-order valence-corrected chi connectivity index (χ2v) is 17.6. The number of nitrogens with one attached hydrogen (secondary N) is 1. The molecule has 0 saturated carbocycles. The molecule has 3 N–H and O–H groups in total. The van der Waals surface area contributed by atoms with Crippen molar-refractivity contribution in [2.24, 2.45) is 0 Å². The van der Waals surface area contributed by atoms with Crippen molar-refractivity contribution in [3.05, 3.63) is 97.2 Å². The fraction of sp³-hybridized carbons (Fsp3) is 0.707. The second kappa shape index (κ2) is 52.7. The third-order valence-corrected chi connectivity index (χ3v) is 11.6. The standard InChI is InChI=1S/C58H101NO3/c1-3-5-7-9-11-13-15-17-19-21-23-25-26-27-28-29-30-31-32-34-36-38-40-42-44-46-48-50-52-54-58(62)59-56(55-60)57(61)53-51-49-47-45-43-41-39-37-35-33-24-22-20-18-16-14-12-10-8-6-4-2/h5,7,11,13,17,19,23,25,27-28,30-31,43,45,51,53,56-57,60-61H,3-4,6,8-10,12,14-16,18,20-22,24,26,29,32-42,44,46-50,52,54-55H2,1-2H3,(H,59,62)/b7-5-,13-11-,19-17-,25-23-,28-27-,31-30-,45-43+,53-51+. The highest BCUT2D eigenvalue weighted by molar-refractivity contribution is 5.76. The maximum absolute atomic E-state index is 12.5. The zero-order valence-corrected chi connectivity index (χ0v) is 40.9. The minimum Gasteiger partial charge on any atom is -0.394 e. The average Bonchev–Trinajstić information content (AvgIpc) is 3.28. The van der Waals surface area contributed by atoms with E-state index < -0.39 is 12.1 Å². The van der Waals surface area contributed by atoms with E-state index >= 15 is 0 Å². The number of carbonyl (C=O) groups excluding carboxylic acids is 1. The Kier molecular flexibility index (Phi) is 50.4. The predicted molar refractivity (Wildman–Crippen MR) is 276 cm³/mol. The van der Waals surface area contributed by atoms with Crippen LogP contribution >= 0.6 is 0 Å². The largest absolute Gasteiger partial charge is 0.394 e. The van der Waals surface area contributed by atoms with Crippen molar-refractivity contribution < 1.29 is 15.0 Å². The lowest BCUT2D eigenvalue weighted by molar-refractivity contribution is -0.123. The van der Waals surface area contributed by atoms with Crippen LogP contribution in [0, 0.1) is 0 Å². The monoisotopic (exact) mass is 860 g/mol. The average molecular weight is 860 g/mol. The van der Waals surface area contributed by atoms with Crippen molar-refractivity contribution in [3.8, 4) is 0 Å². The highest BCUT2D eigenvalue weighted by Crippen LogP contribution is 2.15. The van der Waals surface area contributed by atoms with Crippen LogP contribution in [0.4, 0.5) is 0 Å². The molecule has 0 aromatic rings. The van der Waals surface area contributed by atoms with Gasteiger partial charge in [0.1, 0.15) is 0 Å². The summed E-state index contributed by atoms with van der Waals surface area (Å²) in [6, 6.07) is -0.648. The Balaban J connectivity index is 3.61. The van der Waals surface area contributed by atoms with E-state index in [1.165, 1.54) is 154 Å². The number of aliphatic hydroxyl groups excluding tert-OH is 2. The summed E-state index contributed by atoms with van der Waals surface area (Å²) in [5.74, 6) is -0.0812. The van der Waals surface area contributed by atoms with Crippen molar-refractivity contribution in [1.82, 2.24) is 5.32 Å². The lowest BCUT2D eigenvalue weighted by atomic mass is 10.0. The minimum atomic E-state index is -0.870. The van der Waals surface area contributed by atoms with E-state index in [2.05, 4.69) is 104 Å². The van der Waals surface area contributed by atoms with Crippen LogP contribution < -0.4 is 5.32 Å². The molecule has 0 aromatic heterocycles. The Morgan fingerprint density at radius 3 is 1.13 bits per heavy atom. The quantitative estimate of drug-likeness (QED) is 0.0422. The Morgan fingerprint density at radius 1 is 0.403 bits per heavy atom. The maximum atomic E-state index is 12.5. The third-order valence-electron chi connectivity index (χ3n) is 11.6. The topological polar surface area (TPSA) is 69.6 Å². The van der Waals surface area contributed by atoms with Gasteiger partial charge in [0, 0.05) is 6.42 Å². The first-order chi connectivity index (χ1) is 30.7. The van der Waals surface area contributed by atoms with Gasteiger partial charge in [0.15, 0.2) is 0 Å². The van der Waals surface area contributed by atoms with Gasteiger partial charge in [-0.3, -0.25) is 4.79 Å². The van der Waals surface area contributed by atoms with Gasteiger partial charge in [-0.1, -0.05) is 252 Å². The Hall–Kier alpha value is -2.69. The zero-order chi connectivity index (χ0) is 44.9. The van der Waals surface area contributed by atoms with Crippen molar-refractivity contribution in [2.75, 3.05) is 6.61 Å². The number of aliphatic hydroxyl groups is 2. The first-order valence-corrected chi connectivity index (χ1v) is 26.5. The SMILES string of the molecule is CC/C=C\C/C=C\C/C=C\C/C=C\C/C=C\C/C=C\CCCCCCCCCCCCC(=O)NC(CO)C(O)/C=C/CC/C=C/CCCCCCCCCCCCCCCCC. The molecule has 0 saturated heterocycles. The molecule has 4 nitrogen and oxygen atoms in total. The molecule has 0 aliphatic rings. The molecule has 0 radical (unpaired) electrons. The van der Waals surface area contributed by atoms with Gasteiger partial charge in [0.05, 0.1) is 18.8 Å². The van der Waals surface area contributed by atoms with Gasteiger partial charge in [-0.05, 0) is 83.5 Å². The molecule has 0 bridgehead atoms. The zero-order valence-electron chi connectivity index (χ0n) is 40.9. The van der Waals surface area contributed by atoms with Gasteiger partial charge in [-0.15, -0.1) is 0 Å². The van der Waals surface area contributed by atoms with E-state index in [9.17, 15) is 15.0 Å². The van der Waals surface area contributed by atoms with Crippen LogP contribution in [-0.2, 0) is 4.79 Å². The molecule has 0 aliphatic carbocycles. The molecule has 0 spiro atoms. The Bertz CT molecular complexity index is 1160. The van der Waals surface area contributed by atoms with E-state index in [0.29, 0.717) is 6.42 Å². The number of allylic oxidation sites excluding steroid dienone is 15. The number of rotatable bonds is 47. The number of amides is 1. The molecule has 0 aliphatic heterocycles. The number of hydrogen-bond acceptors (Lipinski definition) is 3. The third kappa shape index (κ3) is 48.3. The number of hydrogen-bond donors (Lipinski definition) is 3. The van der Waals surface area contributed by atoms with Crippen LogP contribution in [0.2, 0.25) is 0 Å². The van der Waals surface area contributed by atoms with Crippen LogP contribution in [-0.4, -0.2) is 34.9 Å². The Labute approximate surface area is 385 Å². The molecule has 0 heterocycles. The van der Waals surface area contributed by atoms with E-state index in [-0.39, 0.29) is 12.5 Å². The molecule has 0 rings (SSSR count). The molecular weight excluding hydrogens is 759 g/mol. The summed E-state index contributed by atoms with van der Waals surface area (Å²) in [5, 5.41) is 23.1. The molecule has 356 valence electrons. The number of carbonyl (C=O) groups is 1. The van der Waals surface area contributed by atoms with Crippen LogP contribution in [0.25, 0.3) is 0 Å². The summed E-state index contributed by atoms with van der Waals surface area (Å²) in [5.41, 5.74) is 0. The molecule has 62 heavy (non-hydrogen) atoms. The van der Waals surface area contributed by atoms with Gasteiger partial charge in [0.25, 0.3) is 0 Å². The highest BCUT2D eigenvalue weighted by Gasteiger charge is 2.17. The normalized spacial score (nSPS) is 13.7. The lowest BCUT2D eigenvalue weighted by Crippen LogP contribution is -2.45. The molecule has 2 atom stereocenters. The Morgan fingerprint density at radius 2 is 0.726 bits per heavy atom. The van der Waals surface area contributed by atoms with Gasteiger partial charge >= 0.3 is 0 Å². The van der Waals surface area contributed by atoms with Gasteiger partial charge in [0.2, 0.25) is 5.91 Å². The van der Waals surface area contributed by atoms with Gasteiger partial charge in [-0.25, -0.2) is 0 Å². The highest BCUT2D eigenvalue weighted by atomic mass is 16.3. The van der Waals surface area contributed by atoms with Crippen molar-refractivity contribution in [3.63, 3.8) is 0 Å². The van der Waals surface area contributed by atoms with E-state index in [4.69, 9.17) is 0 Å². The van der Waals surface area contributed by atoms with Crippen LogP contribution in [0.1, 0.15) is 245 Å².